The first-order chi connectivity index (χ1) is 23.7. The Labute approximate surface area is 298 Å². The van der Waals surface area contributed by atoms with Gasteiger partial charge in [-0.2, -0.15) is 0 Å². The van der Waals surface area contributed by atoms with E-state index in [0.717, 1.165) is 0 Å². The summed E-state index contributed by atoms with van der Waals surface area (Å²) in [7, 11) is 0. The maximum atomic E-state index is 13.4. The third-order valence-electron chi connectivity index (χ3n) is 7.53. The number of amides is 7. The van der Waals surface area contributed by atoms with Gasteiger partial charge in [0.25, 0.3) is 0 Å². The van der Waals surface area contributed by atoms with Crippen molar-refractivity contribution in [1.82, 2.24) is 31.9 Å². The molecular formula is C32H59N9O10. The maximum Gasteiger partial charge on any atom is 0.325 e. The second-order valence-corrected chi connectivity index (χ2v) is 13.4. The molecule has 7 amide bonds. The van der Waals surface area contributed by atoms with E-state index in [9.17, 15) is 43.5 Å². The Kier molecular flexibility index (Phi) is 21.9. The zero-order chi connectivity index (χ0) is 39.4. The van der Waals surface area contributed by atoms with Crippen LogP contribution in [-0.4, -0.2) is 113 Å². The van der Waals surface area contributed by atoms with Gasteiger partial charge in [-0.1, -0.05) is 27.7 Å². The van der Waals surface area contributed by atoms with Gasteiger partial charge in [0.2, 0.25) is 41.4 Å². The van der Waals surface area contributed by atoms with E-state index in [2.05, 4.69) is 31.9 Å². The third-order valence-corrected chi connectivity index (χ3v) is 7.53. The number of rotatable bonds is 25. The topological polar surface area (TPSA) is 327 Å². The van der Waals surface area contributed by atoms with Crippen LogP contribution in [0.5, 0.6) is 0 Å². The van der Waals surface area contributed by atoms with Crippen molar-refractivity contribution >= 4 is 47.3 Å². The van der Waals surface area contributed by atoms with Crippen molar-refractivity contribution in [1.29, 1.82) is 0 Å². The highest BCUT2D eigenvalue weighted by Gasteiger charge is 2.33. The number of carboxylic acid groups (broad SMARTS) is 1. The van der Waals surface area contributed by atoms with E-state index in [4.69, 9.17) is 22.3 Å². The molecule has 0 aromatic rings. The molecule has 0 aliphatic heterocycles. The van der Waals surface area contributed by atoms with E-state index >= 15 is 0 Å². The van der Waals surface area contributed by atoms with Crippen LogP contribution in [0.4, 0.5) is 0 Å². The fourth-order valence-electron chi connectivity index (χ4n) is 4.70. The number of carbonyl (C=O) groups excluding carboxylic acids is 7. The van der Waals surface area contributed by atoms with E-state index < -0.39 is 96.2 Å². The van der Waals surface area contributed by atoms with Crippen molar-refractivity contribution in [2.45, 2.75) is 129 Å². The first-order valence-corrected chi connectivity index (χ1v) is 17.1. The summed E-state index contributed by atoms with van der Waals surface area (Å²) in [5.74, 6) is -6.74. The summed E-state index contributed by atoms with van der Waals surface area (Å²) in [6.07, 6.45) is -0.286. The first kappa shape index (κ1) is 46.6. The fraction of sp³-hybridized carbons (Fsp3) is 0.750. The van der Waals surface area contributed by atoms with Crippen LogP contribution in [0.3, 0.4) is 0 Å². The summed E-state index contributed by atoms with van der Waals surface area (Å²) < 4.78 is 0. The van der Waals surface area contributed by atoms with Crippen LogP contribution in [0.25, 0.3) is 0 Å². The van der Waals surface area contributed by atoms with Gasteiger partial charge in [-0.25, -0.2) is 0 Å². The number of primary amides is 1. The Morgan fingerprint density at radius 1 is 0.647 bits per heavy atom. The molecule has 51 heavy (non-hydrogen) atoms. The van der Waals surface area contributed by atoms with Crippen LogP contribution in [0.2, 0.25) is 0 Å². The van der Waals surface area contributed by atoms with Gasteiger partial charge in [-0.3, -0.25) is 38.4 Å². The van der Waals surface area contributed by atoms with Gasteiger partial charge in [-0.05, 0) is 70.8 Å². The van der Waals surface area contributed by atoms with Crippen LogP contribution in [0, 0.1) is 11.8 Å². The van der Waals surface area contributed by atoms with Gasteiger partial charge in [0, 0.05) is 6.42 Å². The van der Waals surface area contributed by atoms with Crippen LogP contribution in [0.1, 0.15) is 86.5 Å². The Bertz CT molecular complexity index is 1200. The van der Waals surface area contributed by atoms with Crippen molar-refractivity contribution in [3.05, 3.63) is 0 Å². The third kappa shape index (κ3) is 19.6. The van der Waals surface area contributed by atoms with E-state index in [0.29, 0.717) is 19.4 Å². The molecule has 0 spiro atoms. The van der Waals surface area contributed by atoms with Crippen LogP contribution in [-0.2, 0) is 38.4 Å². The SMILES string of the molecule is CC(C)C[C@H](NC(=O)CNC(=O)[C@@H](NC(=O)[C@H](CCCCN)NC(=O)[C@H](CC(C)C)NC(=O)[C@@H](N)CCC(N)=O)[C@@H](C)O)C(=O)N[C@@H](C)C(=O)O. The van der Waals surface area contributed by atoms with E-state index in [-0.39, 0.29) is 43.9 Å². The molecular weight excluding hydrogens is 670 g/mol. The normalized spacial score (nSPS) is 15.3. The van der Waals surface area contributed by atoms with E-state index in [1.54, 1.807) is 13.8 Å². The van der Waals surface area contributed by atoms with Crippen molar-refractivity contribution in [3.8, 4) is 0 Å². The van der Waals surface area contributed by atoms with Crippen molar-refractivity contribution in [2.75, 3.05) is 13.1 Å². The van der Waals surface area contributed by atoms with Gasteiger partial charge in [-0.15, -0.1) is 0 Å². The molecule has 0 rings (SSSR count). The summed E-state index contributed by atoms with van der Waals surface area (Å²) in [6, 6.07) is -7.32. The summed E-state index contributed by atoms with van der Waals surface area (Å²) in [5, 5.41) is 34.1. The minimum absolute atomic E-state index is 0.0360. The van der Waals surface area contributed by atoms with Crippen LogP contribution in [0.15, 0.2) is 0 Å². The molecule has 0 bridgehead atoms. The fourth-order valence-corrected chi connectivity index (χ4v) is 4.70. The number of hydrogen-bond acceptors (Lipinski definition) is 11. The van der Waals surface area contributed by atoms with Crippen LogP contribution >= 0.6 is 0 Å². The summed E-state index contributed by atoms with van der Waals surface area (Å²) in [5.41, 5.74) is 16.6. The number of aliphatic carboxylic acids is 1. The molecule has 0 aliphatic carbocycles. The lowest BCUT2D eigenvalue weighted by Crippen LogP contribution is -2.60. The molecule has 292 valence electrons. The summed E-state index contributed by atoms with van der Waals surface area (Å²) >= 11 is 0. The van der Waals surface area contributed by atoms with E-state index in [1.807, 2.05) is 13.8 Å². The number of hydrogen-bond donors (Lipinski definition) is 11. The first-order valence-electron chi connectivity index (χ1n) is 17.1. The molecule has 0 aliphatic rings. The molecule has 0 aromatic carbocycles. The zero-order valence-electron chi connectivity index (χ0n) is 30.5. The Balaban J connectivity index is 5.76. The van der Waals surface area contributed by atoms with Gasteiger partial charge in [0.1, 0.15) is 30.2 Å². The van der Waals surface area contributed by atoms with Crippen molar-refractivity contribution in [2.24, 2.45) is 29.0 Å². The standard InChI is InChI=1S/C32H59N9O10/c1-16(2)13-22(29(47)37-18(5)32(50)51)38-25(44)15-36-31(49)26(19(6)42)41-28(46)21(9-7-8-12-33)39-30(48)23(14-17(3)4)40-27(45)20(34)10-11-24(35)43/h16-23,26,42H,7-15,33-34H2,1-6H3,(H2,35,43)(H,36,49)(H,37,47)(H,38,44)(H,39,48)(H,40,45)(H,41,46)(H,50,51)/t18-,19+,20-,21-,22-,23-,26-/m0/s1. The number of carboxylic acids is 1. The Morgan fingerprint density at radius 2 is 1.16 bits per heavy atom. The highest BCUT2D eigenvalue weighted by atomic mass is 16.4. The number of nitrogens with two attached hydrogens (primary N) is 3. The maximum absolute atomic E-state index is 13.4. The number of carbonyl (C=O) groups is 8. The minimum atomic E-state index is -1.57. The molecule has 19 nitrogen and oxygen atoms in total. The second kappa shape index (κ2) is 23.9. The second-order valence-electron chi connectivity index (χ2n) is 13.4. The molecule has 0 saturated heterocycles. The highest BCUT2D eigenvalue weighted by Crippen LogP contribution is 2.10. The molecule has 19 heteroatoms. The zero-order valence-corrected chi connectivity index (χ0v) is 30.5. The molecule has 0 unspecified atom stereocenters. The molecule has 0 heterocycles. The van der Waals surface area contributed by atoms with Gasteiger partial charge in [0.05, 0.1) is 18.7 Å². The predicted octanol–water partition coefficient (Wildman–Crippen LogP) is -3.17. The van der Waals surface area contributed by atoms with Crippen molar-refractivity contribution < 1.29 is 48.6 Å². The Hall–Kier alpha value is -4.36. The lowest BCUT2D eigenvalue weighted by molar-refractivity contribution is -0.141. The largest absolute Gasteiger partial charge is 0.480 e. The lowest BCUT2D eigenvalue weighted by Gasteiger charge is -2.27. The van der Waals surface area contributed by atoms with Gasteiger partial charge < -0.3 is 59.3 Å². The average molecular weight is 730 g/mol. The van der Waals surface area contributed by atoms with E-state index in [1.165, 1.54) is 13.8 Å². The summed E-state index contributed by atoms with van der Waals surface area (Å²) in [4.78, 5) is 100. The molecule has 14 N–H and O–H groups in total. The molecule has 0 fully saturated rings. The van der Waals surface area contributed by atoms with Gasteiger partial charge in [0.15, 0.2) is 0 Å². The molecule has 0 radical (unpaired) electrons. The monoisotopic (exact) mass is 729 g/mol. The number of aliphatic hydroxyl groups excluding tert-OH is 1. The molecule has 0 saturated carbocycles. The molecule has 0 aromatic heterocycles. The average Bonchev–Trinajstić information content (AvgIpc) is 3.02. The smallest absolute Gasteiger partial charge is 0.325 e. The van der Waals surface area contributed by atoms with Crippen molar-refractivity contribution in [3.63, 3.8) is 0 Å². The highest BCUT2D eigenvalue weighted by molar-refractivity contribution is 5.96. The predicted molar refractivity (Wildman–Crippen MR) is 186 cm³/mol. The molecule has 7 atom stereocenters. The summed E-state index contributed by atoms with van der Waals surface area (Å²) in [6.45, 7) is 9.37. The Morgan fingerprint density at radius 3 is 1.65 bits per heavy atom. The quantitative estimate of drug-likeness (QED) is 0.0415. The minimum Gasteiger partial charge on any atom is -0.480 e. The van der Waals surface area contributed by atoms with Gasteiger partial charge >= 0.3 is 5.97 Å². The number of nitrogens with one attached hydrogen (secondary N) is 6. The van der Waals surface area contributed by atoms with Crippen LogP contribution < -0.4 is 49.1 Å². The number of aliphatic hydroxyl groups is 1. The number of unbranched alkanes of at least 4 members (excludes halogenated alkanes) is 1. The lowest BCUT2D eigenvalue weighted by atomic mass is 10.0.